The van der Waals surface area contributed by atoms with Gasteiger partial charge in [-0.25, -0.2) is 13.2 Å². The molecule has 4 aromatic carbocycles. The van der Waals surface area contributed by atoms with Crippen LogP contribution in [0.4, 0.5) is 4.79 Å². The Morgan fingerprint density at radius 3 is 1.80 bits per heavy atom. The van der Waals surface area contributed by atoms with Gasteiger partial charge in [-0.15, -0.1) is 22.0 Å². The highest BCUT2D eigenvalue weighted by atomic mass is 127. The maximum atomic E-state index is 15.4. The van der Waals surface area contributed by atoms with Gasteiger partial charge in [0.05, 0.1) is 46.1 Å². The molecule has 2 N–H and O–H groups in total. The van der Waals surface area contributed by atoms with Crippen molar-refractivity contribution < 1.29 is 37.6 Å². The van der Waals surface area contributed by atoms with Gasteiger partial charge in [-0.2, -0.15) is 9.10 Å². The van der Waals surface area contributed by atoms with E-state index in [-0.39, 0.29) is 48.2 Å². The molecule has 1 amide bonds. The van der Waals surface area contributed by atoms with Gasteiger partial charge in [-0.1, -0.05) is 36.4 Å². The van der Waals surface area contributed by atoms with E-state index in [9.17, 15) is 15.0 Å². The van der Waals surface area contributed by atoms with Crippen LogP contribution in [-0.2, 0) is 29.7 Å². The number of benzene rings is 4. The molecule has 14 nitrogen and oxygen atoms in total. The normalized spacial score (nSPS) is 12.4. The summed E-state index contributed by atoms with van der Waals surface area (Å²) in [5.74, 6) is 2.06. The Labute approximate surface area is 345 Å². The van der Waals surface area contributed by atoms with Crippen LogP contribution in [0.3, 0.4) is 0 Å². The summed E-state index contributed by atoms with van der Waals surface area (Å²) < 4.78 is 48.7. The van der Waals surface area contributed by atoms with Crippen LogP contribution in [0.5, 0.6) is 17.2 Å². The molecule has 1 heterocycles. The molecule has 17 heteroatoms. The smallest absolute Gasteiger partial charge is 0.407 e. The van der Waals surface area contributed by atoms with E-state index < -0.39 is 27.8 Å². The Bertz CT molecular complexity index is 2150. The predicted octanol–water partition coefficient (Wildman–Crippen LogP) is 6.64. The number of ether oxygens (including phenoxy) is 3. The summed E-state index contributed by atoms with van der Waals surface area (Å²) in [6.07, 6.45) is -2.29. The van der Waals surface area contributed by atoms with Gasteiger partial charge in [-0.3, -0.25) is 0 Å². The zero-order valence-corrected chi connectivity index (χ0v) is 35.7. The summed E-state index contributed by atoms with van der Waals surface area (Å²) in [6, 6.07) is 25.2. The minimum absolute atomic E-state index is 0.00302. The van der Waals surface area contributed by atoms with Gasteiger partial charge in [0, 0.05) is 32.8 Å². The Morgan fingerprint density at radius 1 is 0.839 bits per heavy atom. The topological polar surface area (TPSA) is 169 Å². The zero-order valence-electron chi connectivity index (χ0n) is 31.9. The van der Waals surface area contributed by atoms with Crippen LogP contribution in [0.1, 0.15) is 37.5 Å². The van der Waals surface area contributed by atoms with Crippen molar-refractivity contribution in [2.45, 2.75) is 61.8 Å². The van der Waals surface area contributed by atoms with Crippen molar-refractivity contribution in [1.82, 2.24) is 29.4 Å². The molecule has 0 unspecified atom stereocenters. The number of β-amino-alcohol motifs (C(OH)–C–C–N with tert-alkyl or cyclic N) is 1. The molecule has 0 spiro atoms. The van der Waals surface area contributed by atoms with E-state index >= 15 is 8.42 Å². The standard InChI is InChI=1S/C39H45IN6O8S2/c1-39(2,3)45(38(48)49)24-29(47)25-55-34-20-19-33(40)35(37-41-43-46(42-37)23-28-11-17-32(54-6)18-12-28)36(34)56(50,51)44(21-26-7-13-30(52-4)14-8-26)22-27-9-15-31(53-5)16-10-27/h7-20,29,47H,21-25H2,1-6H3,(H,48,49)/t29-/m1/s1. The highest BCUT2D eigenvalue weighted by Gasteiger charge is 2.35. The fourth-order valence-corrected chi connectivity index (χ4v) is 9.65. The van der Waals surface area contributed by atoms with Crippen molar-refractivity contribution in [3.63, 3.8) is 0 Å². The number of sulfonamides is 1. The molecule has 1 aromatic heterocycles. The number of rotatable bonds is 17. The molecule has 56 heavy (non-hydrogen) atoms. The number of thioether (sulfide) groups is 1. The van der Waals surface area contributed by atoms with Gasteiger partial charge in [-0.05, 0) is 114 Å². The van der Waals surface area contributed by atoms with Crippen LogP contribution in [-0.4, -0.2) is 99.4 Å². The molecule has 5 aromatic rings. The van der Waals surface area contributed by atoms with Gasteiger partial charge >= 0.3 is 6.09 Å². The Morgan fingerprint density at radius 2 is 1.34 bits per heavy atom. The van der Waals surface area contributed by atoms with Crippen molar-refractivity contribution >= 4 is 50.5 Å². The van der Waals surface area contributed by atoms with Crippen molar-refractivity contribution in [2.24, 2.45) is 0 Å². The van der Waals surface area contributed by atoms with E-state index in [4.69, 9.17) is 14.2 Å². The number of carbonyl (C=O) groups is 1. The maximum Gasteiger partial charge on any atom is 0.407 e. The second-order valence-electron chi connectivity index (χ2n) is 13.7. The minimum atomic E-state index is -4.40. The van der Waals surface area contributed by atoms with Gasteiger partial charge in [0.2, 0.25) is 15.8 Å². The molecule has 298 valence electrons. The summed E-state index contributed by atoms with van der Waals surface area (Å²) in [4.78, 5) is 14.9. The number of aliphatic hydroxyl groups excluding tert-OH is 1. The van der Waals surface area contributed by atoms with E-state index in [0.717, 1.165) is 33.4 Å². The van der Waals surface area contributed by atoms with Gasteiger partial charge in [0.15, 0.2) is 0 Å². The first kappa shape index (κ1) is 42.7. The molecule has 0 aliphatic heterocycles. The van der Waals surface area contributed by atoms with Crippen LogP contribution < -0.4 is 14.2 Å². The molecule has 0 aliphatic rings. The molecule has 0 saturated heterocycles. The number of methoxy groups -OCH3 is 3. The quantitative estimate of drug-likeness (QED) is 0.0755. The maximum absolute atomic E-state index is 15.4. The van der Waals surface area contributed by atoms with E-state index in [1.807, 2.05) is 48.5 Å². The van der Waals surface area contributed by atoms with Crippen LogP contribution in [0.15, 0.2) is 94.7 Å². The number of carboxylic acid groups (broad SMARTS) is 1. The van der Waals surface area contributed by atoms with Crippen LogP contribution >= 0.6 is 34.4 Å². The molecule has 0 aliphatic carbocycles. The lowest BCUT2D eigenvalue weighted by Gasteiger charge is -2.34. The second kappa shape index (κ2) is 18.7. The number of amides is 1. The van der Waals surface area contributed by atoms with Crippen LogP contribution in [0.2, 0.25) is 0 Å². The zero-order chi connectivity index (χ0) is 40.6. The molecule has 0 saturated carbocycles. The van der Waals surface area contributed by atoms with E-state index in [0.29, 0.717) is 25.7 Å². The lowest BCUT2D eigenvalue weighted by atomic mass is 10.1. The van der Waals surface area contributed by atoms with Gasteiger partial charge in [0.25, 0.3) is 0 Å². The number of aromatic nitrogens is 4. The summed E-state index contributed by atoms with van der Waals surface area (Å²) in [5.41, 5.74) is 1.81. The predicted molar refractivity (Wildman–Crippen MR) is 222 cm³/mol. The van der Waals surface area contributed by atoms with Gasteiger partial charge < -0.3 is 29.3 Å². The number of halogens is 1. The second-order valence-corrected chi connectivity index (χ2v) is 17.8. The lowest BCUT2D eigenvalue weighted by Crippen LogP contribution is -2.49. The number of aliphatic hydroxyl groups is 1. The first-order valence-electron chi connectivity index (χ1n) is 17.4. The highest BCUT2D eigenvalue weighted by molar-refractivity contribution is 14.1. The molecule has 0 fully saturated rings. The summed E-state index contributed by atoms with van der Waals surface area (Å²) in [6.45, 7) is 5.34. The average molecular weight is 917 g/mol. The van der Waals surface area contributed by atoms with Gasteiger partial charge in [0.1, 0.15) is 22.1 Å². The molecular formula is C39H45IN6O8S2. The summed E-state index contributed by atoms with van der Waals surface area (Å²) >= 11 is 3.18. The summed E-state index contributed by atoms with van der Waals surface area (Å²) in [5, 5.41) is 34.3. The lowest BCUT2D eigenvalue weighted by molar-refractivity contribution is 0.0636. The van der Waals surface area contributed by atoms with Crippen molar-refractivity contribution in [2.75, 3.05) is 33.6 Å². The SMILES string of the molecule is COc1ccc(CN(Cc2ccc(OC)cc2)S(=O)(=O)c2c(SC[C@H](O)CN(C(=O)O)C(C)(C)C)ccc(I)c2-c2nnn(Cc3ccc(OC)cc3)n2)cc1. The Kier molecular flexibility index (Phi) is 14.2. The number of nitrogens with zero attached hydrogens (tertiary/aromatic N) is 6. The molecular weight excluding hydrogens is 872 g/mol. The first-order valence-corrected chi connectivity index (χ1v) is 20.9. The van der Waals surface area contributed by atoms with E-state index in [1.165, 1.54) is 9.10 Å². The fourth-order valence-electron chi connectivity index (χ4n) is 5.73. The third kappa shape index (κ3) is 10.7. The fraction of sp³-hybridized carbons (Fsp3) is 0.333. The third-order valence-electron chi connectivity index (χ3n) is 8.73. The number of hydrogen-bond donors (Lipinski definition) is 2. The monoisotopic (exact) mass is 916 g/mol. The molecule has 0 radical (unpaired) electrons. The highest BCUT2D eigenvalue weighted by Crippen LogP contribution is 2.40. The Balaban J connectivity index is 1.61. The summed E-state index contributed by atoms with van der Waals surface area (Å²) in [7, 11) is 0.318. The minimum Gasteiger partial charge on any atom is -0.497 e. The van der Waals surface area contributed by atoms with Crippen molar-refractivity contribution in [3.8, 4) is 28.6 Å². The number of tetrazole rings is 1. The average Bonchev–Trinajstić information content (AvgIpc) is 3.64. The first-order chi connectivity index (χ1) is 26.6. The van der Waals surface area contributed by atoms with Crippen LogP contribution in [0, 0.1) is 3.57 Å². The van der Waals surface area contributed by atoms with E-state index in [2.05, 4.69) is 38.0 Å². The Hall–Kier alpha value is -4.43. The van der Waals surface area contributed by atoms with Crippen molar-refractivity contribution in [1.29, 1.82) is 0 Å². The molecule has 0 bridgehead atoms. The number of hydrogen-bond acceptors (Lipinski definition) is 11. The van der Waals surface area contributed by atoms with E-state index in [1.54, 1.807) is 78.5 Å². The third-order valence-corrected chi connectivity index (χ3v) is 12.8. The van der Waals surface area contributed by atoms with Crippen molar-refractivity contribution in [3.05, 3.63) is 105 Å². The molecule has 1 atom stereocenters. The van der Waals surface area contributed by atoms with Crippen LogP contribution in [0.25, 0.3) is 11.4 Å². The largest absolute Gasteiger partial charge is 0.497 e. The molecule has 5 rings (SSSR count).